The second-order valence-corrected chi connectivity index (χ2v) is 15.4. The topological polar surface area (TPSA) is 52.0 Å². The van der Waals surface area contributed by atoms with Crippen LogP contribution in [-0.2, 0) is 5.41 Å². The average molecular weight is 705 g/mol. The lowest BCUT2D eigenvalue weighted by Gasteiger charge is -2.24. The first-order chi connectivity index (χ1) is 26.8. The van der Waals surface area contributed by atoms with Gasteiger partial charge >= 0.3 is 0 Å². The van der Waals surface area contributed by atoms with Crippen molar-refractivity contribution in [1.29, 1.82) is 0 Å². The van der Waals surface area contributed by atoms with Gasteiger partial charge in [-0.2, -0.15) is 0 Å². The van der Waals surface area contributed by atoms with Gasteiger partial charge < -0.3 is 11.5 Å². The molecule has 1 aliphatic carbocycles. The first-order valence-electron chi connectivity index (χ1n) is 19.0. The van der Waals surface area contributed by atoms with Crippen LogP contribution in [0.3, 0.4) is 0 Å². The second kappa shape index (κ2) is 12.6. The maximum atomic E-state index is 6.92. The fourth-order valence-electron chi connectivity index (χ4n) is 8.91. The summed E-state index contributed by atoms with van der Waals surface area (Å²) in [5.74, 6) is 0. The zero-order valence-corrected chi connectivity index (χ0v) is 31.0. The van der Waals surface area contributed by atoms with Crippen LogP contribution in [0.15, 0.2) is 182 Å². The molecule has 2 nitrogen and oxygen atoms in total. The lowest BCUT2D eigenvalue weighted by Crippen LogP contribution is -2.14. The SMILES string of the molecule is CC1(C)c2ccccc2-c2cc3c(-c4ccc5ccccc5c4)c4ccc(/C(N)=C/C=C(\N)c5ccccc5)cc4c(-c4ccc5ccccc5c4)c3cc21. The maximum Gasteiger partial charge on any atom is 0.0388 e. The molecule has 0 unspecified atom stereocenters. The molecule has 1 aliphatic rings. The number of hydrogen-bond donors (Lipinski definition) is 2. The molecule has 0 atom stereocenters. The van der Waals surface area contributed by atoms with Crippen LogP contribution in [0, 0.1) is 0 Å². The van der Waals surface area contributed by atoms with Crippen LogP contribution in [0.2, 0.25) is 0 Å². The van der Waals surface area contributed by atoms with Crippen molar-refractivity contribution in [3.8, 4) is 33.4 Å². The first-order valence-corrected chi connectivity index (χ1v) is 19.0. The van der Waals surface area contributed by atoms with E-state index in [2.05, 4.69) is 153 Å². The van der Waals surface area contributed by atoms with Gasteiger partial charge in [-0.15, -0.1) is 0 Å². The molecule has 0 bridgehead atoms. The van der Waals surface area contributed by atoms with Gasteiger partial charge in [-0.3, -0.25) is 0 Å². The molecule has 0 fully saturated rings. The van der Waals surface area contributed by atoms with E-state index in [1.165, 1.54) is 82.2 Å². The second-order valence-electron chi connectivity index (χ2n) is 15.4. The Morgan fingerprint density at radius 1 is 0.400 bits per heavy atom. The van der Waals surface area contributed by atoms with Crippen LogP contribution in [0.25, 0.3) is 87.9 Å². The van der Waals surface area contributed by atoms with E-state index in [1.54, 1.807) is 0 Å². The summed E-state index contributed by atoms with van der Waals surface area (Å²) in [6.45, 7) is 4.73. The molecule has 0 saturated carbocycles. The fraction of sp³-hybridized carbons (Fsp3) is 0.0566. The minimum atomic E-state index is -0.154. The Morgan fingerprint density at radius 3 is 1.60 bits per heavy atom. The molecule has 4 N–H and O–H groups in total. The molecular formula is C53H40N2. The van der Waals surface area contributed by atoms with Gasteiger partial charge in [0.2, 0.25) is 0 Å². The number of rotatable bonds is 5. The van der Waals surface area contributed by atoms with Crippen molar-refractivity contribution in [2.45, 2.75) is 19.3 Å². The zero-order chi connectivity index (χ0) is 37.3. The van der Waals surface area contributed by atoms with Crippen LogP contribution >= 0.6 is 0 Å². The molecule has 9 aromatic carbocycles. The largest absolute Gasteiger partial charge is 0.398 e. The molecule has 0 heterocycles. The molecule has 0 radical (unpaired) electrons. The molecule has 0 aliphatic heterocycles. The quantitative estimate of drug-likeness (QED) is 0.138. The predicted octanol–water partition coefficient (Wildman–Crippen LogP) is 13.2. The monoisotopic (exact) mass is 704 g/mol. The van der Waals surface area contributed by atoms with Crippen LogP contribution < -0.4 is 11.5 Å². The van der Waals surface area contributed by atoms with Crippen LogP contribution in [0.1, 0.15) is 36.1 Å². The van der Waals surface area contributed by atoms with Gasteiger partial charge in [0.15, 0.2) is 0 Å². The summed E-state index contributed by atoms with van der Waals surface area (Å²) in [6, 6.07) is 61.6. The Bertz CT molecular complexity index is 3070. The standard InChI is InChI=1S/C53H40N2/c1-53(2)47-19-11-10-18-41(47)43-31-45-46(32-48(43)53)52(40-23-21-34-13-7-9-17-37(34)29-40)44-30-38(50(55)27-26-49(54)35-14-4-3-5-15-35)24-25-42(44)51(45)39-22-20-33-12-6-8-16-36(33)28-39/h3-32H,54-55H2,1-2H3/b49-26-,50-27-. The zero-order valence-electron chi connectivity index (χ0n) is 31.0. The van der Waals surface area contributed by atoms with Crippen molar-refractivity contribution in [1.82, 2.24) is 0 Å². The third-order valence-electron chi connectivity index (χ3n) is 11.8. The summed E-state index contributed by atoms with van der Waals surface area (Å²) in [5.41, 5.74) is 26.7. The van der Waals surface area contributed by atoms with Gasteiger partial charge in [-0.1, -0.05) is 153 Å². The van der Waals surface area contributed by atoms with E-state index < -0.39 is 0 Å². The van der Waals surface area contributed by atoms with E-state index in [0.29, 0.717) is 11.4 Å². The molecule has 55 heavy (non-hydrogen) atoms. The highest BCUT2D eigenvalue weighted by atomic mass is 14.6. The summed E-state index contributed by atoms with van der Waals surface area (Å²) in [6.07, 6.45) is 3.83. The number of benzene rings is 9. The van der Waals surface area contributed by atoms with Crippen molar-refractivity contribution in [2.75, 3.05) is 0 Å². The fourth-order valence-corrected chi connectivity index (χ4v) is 8.91. The van der Waals surface area contributed by atoms with Gasteiger partial charge in [0, 0.05) is 16.8 Å². The number of fused-ring (bicyclic) bond motifs is 7. The Morgan fingerprint density at radius 2 is 0.927 bits per heavy atom. The molecular weight excluding hydrogens is 665 g/mol. The molecule has 10 rings (SSSR count). The Balaban J connectivity index is 1.32. The van der Waals surface area contributed by atoms with Crippen LogP contribution in [0.5, 0.6) is 0 Å². The molecule has 0 amide bonds. The van der Waals surface area contributed by atoms with E-state index in [-0.39, 0.29) is 5.41 Å². The van der Waals surface area contributed by atoms with Gasteiger partial charge in [0.1, 0.15) is 0 Å². The molecule has 0 spiro atoms. The van der Waals surface area contributed by atoms with Gasteiger partial charge in [-0.25, -0.2) is 0 Å². The highest BCUT2D eigenvalue weighted by Gasteiger charge is 2.36. The minimum absolute atomic E-state index is 0.154. The van der Waals surface area contributed by atoms with E-state index in [9.17, 15) is 0 Å². The van der Waals surface area contributed by atoms with E-state index >= 15 is 0 Å². The van der Waals surface area contributed by atoms with Crippen molar-refractivity contribution in [2.24, 2.45) is 11.5 Å². The lowest BCUT2D eigenvalue weighted by atomic mass is 9.79. The van der Waals surface area contributed by atoms with Gasteiger partial charge in [-0.05, 0) is 141 Å². The summed E-state index contributed by atoms with van der Waals surface area (Å²) >= 11 is 0. The predicted molar refractivity (Wildman–Crippen MR) is 236 cm³/mol. The summed E-state index contributed by atoms with van der Waals surface area (Å²) in [7, 11) is 0. The third-order valence-corrected chi connectivity index (χ3v) is 11.8. The molecule has 0 saturated heterocycles. The summed E-state index contributed by atoms with van der Waals surface area (Å²) in [4.78, 5) is 0. The summed E-state index contributed by atoms with van der Waals surface area (Å²) in [5, 5.41) is 9.71. The summed E-state index contributed by atoms with van der Waals surface area (Å²) < 4.78 is 0. The third kappa shape index (κ3) is 5.33. The average Bonchev–Trinajstić information content (AvgIpc) is 3.45. The highest BCUT2D eigenvalue weighted by Crippen LogP contribution is 2.53. The highest BCUT2D eigenvalue weighted by molar-refractivity contribution is 6.23. The maximum absolute atomic E-state index is 6.92. The van der Waals surface area contributed by atoms with Crippen molar-refractivity contribution in [3.05, 3.63) is 204 Å². The van der Waals surface area contributed by atoms with Gasteiger partial charge in [0.25, 0.3) is 0 Å². The number of hydrogen-bond acceptors (Lipinski definition) is 2. The Hall–Kier alpha value is -6.90. The first kappa shape index (κ1) is 32.7. The number of nitrogens with two attached hydrogens (primary N) is 2. The lowest BCUT2D eigenvalue weighted by molar-refractivity contribution is 0.661. The Labute approximate surface area is 321 Å². The van der Waals surface area contributed by atoms with E-state index in [4.69, 9.17) is 11.5 Å². The molecule has 2 heteroatoms. The van der Waals surface area contributed by atoms with Crippen molar-refractivity contribution >= 4 is 54.5 Å². The van der Waals surface area contributed by atoms with E-state index in [1.807, 2.05) is 42.5 Å². The van der Waals surface area contributed by atoms with Crippen molar-refractivity contribution in [3.63, 3.8) is 0 Å². The van der Waals surface area contributed by atoms with Crippen LogP contribution in [-0.4, -0.2) is 0 Å². The van der Waals surface area contributed by atoms with Crippen LogP contribution in [0.4, 0.5) is 0 Å². The normalized spacial score (nSPS) is 13.8. The Kier molecular flexibility index (Phi) is 7.50. The molecule has 262 valence electrons. The molecule has 9 aromatic rings. The van der Waals surface area contributed by atoms with Gasteiger partial charge in [0.05, 0.1) is 0 Å². The molecule has 0 aromatic heterocycles. The smallest absolute Gasteiger partial charge is 0.0388 e. The number of allylic oxidation sites excluding steroid dienone is 2. The van der Waals surface area contributed by atoms with E-state index in [0.717, 1.165) is 16.5 Å². The van der Waals surface area contributed by atoms with Crippen molar-refractivity contribution < 1.29 is 0 Å². The minimum Gasteiger partial charge on any atom is -0.398 e.